The fraction of sp³-hybridized carbons (Fsp3) is 0.0833. The Morgan fingerprint density at radius 2 is 2.00 bits per heavy atom. The van der Waals surface area contributed by atoms with Crippen molar-refractivity contribution in [2.75, 3.05) is 5.32 Å². The first-order chi connectivity index (χ1) is 8.43. The molecule has 3 aromatic rings. The van der Waals surface area contributed by atoms with Gasteiger partial charge in [0.25, 0.3) is 0 Å². The minimum absolute atomic E-state index is 0.722. The number of aromatic amines is 1. The highest BCUT2D eigenvalue weighted by Crippen LogP contribution is 2.17. The third-order valence-corrected chi connectivity index (χ3v) is 2.56. The number of rotatable bonds is 3. The van der Waals surface area contributed by atoms with Crippen molar-refractivity contribution in [1.82, 2.24) is 19.9 Å². The maximum absolute atomic E-state index is 4.24. The highest BCUT2D eigenvalue weighted by molar-refractivity contribution is 5.86. The molecular formula is C12H11N5. The van der Waals surface area contributed by atoms with E-state index < -0.39 is 0 Å². The van der Waals surface area contributed by atoms with E-state index in [0.717, 1.165) is 23.4 Å². The molecule has 3 heterocycles. The van der Waals surface area contributed by atoms with Crippen LogP contribution in [0.3, 0.4) is 0 Å². The molecule has 0 aliphatic rings. The lowest BCUT2D eigenvalue weighted by atomic mass is 10.2. The fourth-order valence-corrected chi connectivity index (χ4v) is 1.70. The van der Waals surface area contributed by atoms with E-state index in [-0.39, 0.29) is 0 Å². The van der Waals surface area contributed by atoms with Gasteiger partial charge in [0.2, 0.25) is 0 Å². The summed E-state index contributed by atoms with van der Waals surface area (Å²) in [6, 6.07) is 5.91. The topological polar surface area (TPSA) is 66.5 Å². The van der Waals surface area contributed by atoms with Gasteiger partial charge in [0.05, 0.1) is 5.39 Å². The van der Waals surface area contributed by atoms with Crippen LogP contribution in [0.2, 0.25) is 0 Å². The second-order valence-electron chi connectivity index (χ2n) is 3.67. The van der Waals surface area contributed by atoms with Gasteiger partial charge in [0.1, 0.15) is 17.8 Å². The number of nitrogens with one attached hydrogen (secondary N) is 2. The minimum Gasteiger partial charge on any atom is -0.365 e. The molecule has 5 nitrogen and oxygen atoms in total. The Morgan fingerprint density at radius 1 is 1.12 bits per heavy atom. The summed E-state index contributed by atoms with van der Waals surface area (Å²) in [6.07, 6.45) is 6.97. The van der Waals surface area contributed by atoms with Gasteiger partial charge in [-0.25, -0.2) is 9.97 Å². The van der Waals surface area contributed by atoms with Crippen molar-refractivity contribution in [2.24, 2.45) is 0 Å². The van der Waals surface area contributed by atoms with Crippen molar-refractivity contribution < 1.29 is 0 Å². The molecule has 0 spiro atoms. The molecule has 5 heteroatoms. The van der Waals surface area contributed by atoms with Gasteiger partial charge in [-0.15, -0.1) is 0 Å². The van der Waals surface area contributed by atoms with Crippen molar-refractivity contribution in [1.29, 1.82) is 0 Å². The number of aromatic nitrogens is 4. The standard InChI is InChI=1S/C12H11N5/c1-4-13-5-2-9(1)7-15-12-10-3-6-14-11(10)16-8-17-12/h1-6,8H,7H2,(H2,14,15,16,17). The summed E-state index contributed by atoms with van der Waals surface area (Å²) >= 11 is 0. The van der Waals surface area contributed by atoms with Crippen LogP contribution in [-0.2, 0) is 6.54 Å². The van der Waals surface area contributed by atoms with E-state index in [1.165, 1.54) is 5.56 Å². The second kappa shape index (κ2) is 4.21. The highest BCUT2D eigenvalue weighted by Gasteiger charge is 2.03. The smallest absolute Gasteiger partial charge is 0.142 e. The first-order valence-corrected chi connectivity index (χ1v) is 5.34. The average molecular weight is 225 g/mol. The van der Waals surface area contributed by atoms with E-state index in [9.17, 15) is 0 Å². The molecule has 0 aliphatic carbocycles. The molecule has 84 valence electrons. The molecule has 3 rings (SSSR count). The highest BCUT2D eigenvalue weighted by atomic mass is 15.0. The van der Waals surface area contributed by atoms with E-state index in [2.05, 4.69) is 25.3 Å². The Balaban J connectivity index is 1.84. The normalized spacial score (nSPS) is 10.6. The van der Waals surface area contributed by atoms with Crippen LogP contribution >= 0.6 is 0 Å². The van der Waals surface area contributed by atoms with E-state index in [1.807, 2.05) is 24.4 Å². The number of anilines is 1. The summed E-state index contributed by atoms with van der Waals surface area (Å²) in [5.41, 5.74) is 2.01. The van der Waals surface area contributed by atoms with E-state index in [0.29, 0.717) is 0 Å². The molecule has 0 aliphatic heterocycles. The van der Waals surface area contributed by atoms with E-state index >= 15 is 0 Å². The maximum atomic E-state index is 4.24. The first-order valence-electron chi connectivity index (χ1n) is 5.34. The van der Waals surface area contributed by atoms with Crippen molar-refractivity contribution in [3.05, 3.63) is 48.7 Å². The zero-order chi connectivity index (χ0) is 11.5. The van der Waals surface area contributed by atoms with Crippen molar-refractivity contribution in [3.63, 3.8) is 0 Å². The molecule has 0 unspecified atom stereocenters. The third-order valence-electron chi connectivity index (χ3n) is 2.56. The predicted octanol–water partition coefficient (Wildman–Crippen LogP) is 1.96. The quantitative estimate of drug-likeness (QED) is 0.715. The monoisotopic (exact) mass is 225 g/mol. The Labute approximate surface area is 98.0 Å². The molecule has 0 bridgehead atoms. The molecule has 0 aromatic carbocycles. The van der Waals surface area contributed by atoms with Gasteiger partial charge in [-0.2, -0.15) is 0 Å². The SMILES string of the molecule is c1cc(CNc2ncnc3[nH]ccc23)ccn1. The molecule has 0 atom stereocenters. The van der Waals surface area contributed by atoms with Crippen LogP contribution in [0.5, 0.6) is 0 Å². The van der Waals surface area contributed by atoms with Gasteiger partial charge in [-0.1, -0.05) is 0 Å². The molecule has 3 aromatic heterocycles. The summed E-state index contributed by atoms with van der Waals surface area (Å²) in [5, 5.41) is 4.29. The van der Waals surface area contributed by atoms with Crippen LogP contribution in [-0.4, -0.2) is 19.9 Å². The van der Waals surface area contributed by atoms with Crippen LogP contribution in [0.15, 0.2) is 43.1 Å². The molecular weight excluding hydrogens is 214 g/mol. The zero-order valence-electron chi connectivity index (χ0n) is 9.09. The molecule has 17 heavy (non-hydrogen) atoms. The number of fused-ring (bicyclic) bond motifs is 1. The first kappa shape index (κ1) is 9.77. The largest absolute Gasteiger partial charge is 0.365 e. The summed E-state index contributed by atoms with van der Waals surface area (Å²) in [4.78, 5) is 15.4. The zero-order valence-corrected chi connectivity index (χ0v) is 9.09. The number of nitrogens with zero attached hydrogens (tertiary/aromatic N) is 3. The summed E-state index contributed by atoms with van der Waals surface area (Å²) in [7, 11) is 0. The van der Waals surface area contributed by atoms with Crippen LogP contribution < -0.4 is 5.32 Å². The summed E-state index contributed by atoms with van der Waals surface area (Å²) in [6.45, 7) is 0.722. The molecule has 0 fully saturated rings. The van der Waals surface area contributed by atoms with E-state index in [4.69, 9.17) is 0 Å². The van der Waals surface area contributed by atoms with Gasteiger partial charge < -0.3 is 10.3 Å². The minimum atomic E-state index is 0.722. The van der Waals surface area contributed by atoms with Crippen LogP contribution in [0.1, 0.15) is 5.56 Å². The molecule has 0 amide bonds. The molecule has 2 N–H and O–H groups in total. The lowest BCUT2D eigenvalue weighted by Gasteiger charge is -2.05. The van der Waals surface area contributed by atoms with Crippen molar-refractivity contribution in [2.45, 2.75) is 6.54 Å². The lowest BCUT2D eigenvalue weighted by Crippen LogP contribution is -2.02. The molecule has 0 radical (unpaired) electrons. The van der Waals surface area contributed by atoms with Crippen LogP contribution in [0.25, 0.3) is 11.0 Å². The average Bonchev–Trinajstić information content (AvgIpc) is 2.86. The van der Waals surface area contributed by atoms with Gasteiger partial charge in [-0.3, -0.25) is 4.98 Å². The summed E-state index contributed by atoms with van der Waals surface area (Å²) < 4.78 is 0. The Morgan fingerprint density at radius 3 is 2.88 bits per heavy atom. The fourth-order valence-electron chi connectivity index (χ4n) is 1.70. The Hall–Kier alpha value is -2.43. The number of hydrogen-bond acceptors (Lipinski definition) is 4. The third kappa shape index (κ3) is 1.94. The summed E-state index contributed by atoms with van der Waals surface area (Å²) in [5.74, 6) is 0.841. The Kier molecular flexibility index (Phi) is 2.42. The lowest BCUT2D eigenvalue weighted by molar-refractivity contribution is 1.09. The van der Waals surface area contributed by atoms with Gasteiger partial charge in [-0.05, 0) is 23.8 Å². The van der Waals surface area contributed by atoms with Crippen molar-refractivity contribution >= 4 is 16.9 Å². The Bertz CT molecular complexity index is 617. The molecule has 0 saturated carbocycles. The van der Waals surface area contributed by atoms with Crippen molar-refractivity contribution in [3.8, 4) is 0 Å². The predicted molar refractivity (Wildman–Crippen MR) is 65.5 cm³/mol. The number of pyridine rings is 1. The van der Waals surface area contributed by atoms with Gasteiger partial charge >= 0.3 is 0 Å². The van der Waals surface area contributed by atoms with E-state index in [1.54, 1.807) is 18.7 Å². The number of H-pyrrole nitrogens is 1. The number of hydrogen-bond donors (Lipinski definition) is 2. The maximum Gasteiger partial charge on any atom is 0.142 e. The van der Waals surface area contributed by atoms with Gasteiger partial charge in [0, 0.05) is 25.1 Å². The molecule has 0 saturated heterocycles. The van der Waals surface area contributed by atoms with Crippen LogP contribution in [0, 0.1) is 0 Å². The van der Waals surface area contributed by atoms with Crippen LogP contribution in [0.4, 0.5) is 5.82 Å². The second-order valence-corrected chi connectivity index (χ2v) is 3.67. The van der Waals surface area contributed by atoms with Gasteiger partial charge in [0.15, 0.2) is 0 Å².